The number of nitrogens with one attached hydrogen (secondary N) is 1. The summed E-state index contributed by atoms with van der Waals surface area (Å²) in [5.74, 6) is -0.664. The van der Waals surface area contributed by atoms with E-state index >= 15 is 0 Å². The number of benzene rings is 1. The highest BCUT2D eigenvalue weighted by Crippen LogP contribution is 2.33. The minimum Gasteiger partial charge on any atom is -0.495 e. The monoisotopic (exact) mass is 445 g/mol. The molecule has 0 spiro atoms. The van der Waals surface area contributed by atoms with Crippen molar-refractivity contribution in [3.63, 3.8) is 0 Å². The van der Waals surface area contributed by atoms with Gasteiger partial charge >= 0.3 is 6.18 Å². The summed E-state index contributed by atoms with van der Waals surface area (Å²) >= 11 is 0. The van der Waals surface area contributed by atoms with Crippen LogP contribution in [0.15, 0.2) is 48.9 Å². The molecule has 1 aliphatic rings. The minimum atomic E-state index is -4.48. The van der Waals surface area contributed by atoms with E-state index in [2.05, 4.69) is 15.4 Å². The molecule has 0 bridgehead atoms. The molecule has 4 rings (SSSR count). The Balaban J connectivity index is 1.63. The lowest BCUT2D eigenvalue weighted by atomic mass is 10.1. The third kappa shape index (κ3) is 3.88. The first kappa shape index (κ1) is 21.3. The molecule has 2 amide bonds. The first-order valence-electron chi connectivity index (χ1n) is 9.56. The molecule has 0 fully saturated rings. The van der Waals surface area contributed by atoms with Gasteiger partial charge < -0.3 is 15.0 Å². The van der Waals surface area contributed by atoms with E-state index in [-0.39, 0.29) is 23.8 Å². The van der Waals surface area contributed by atoms with Crippen LogP contribution in [0.3, 0.4) is 0 Å². The van der Waals surface area contributed by atoms with Crippen LogP contribution in [0.25, 0.3) is 0 Å². The number of amides is 2. The van der Waals surface area contributed by atoms with Gasteiger partial charge in [-0.05, 0) is 31.2 Å². The molecule has 0 saturated carbocycles. The van der Waals surface area contributed by atoms with Crippen LogP contribution < -0.4 is 15.0 Å². The fourth-order valence-electron chi connectivity index (χ4n) is 3.48. The van der Waals surface area contributed by atoms with Crippen molar-refractivity contribution in [1.82, 2.24) is 14.8 Å². The molecule has 1 atom stereocenters. The lowest BCUT2D eigenvalue weighted by Gasteiger charge is -2.32. The second-order valence-electron chi connectivity index (χ2n) is 7.23. The van der Waals surface area contributed by atoms with Gasteiger partial charge in [0.05, 0.1) is 48.6 Å². The van der Waals surface area contributed by atoms with Gasteiger partial charge in [-0.25, -0.2) is 0 Å². The van der Waals surface area contributed by atoms with Crippen LogP contribution in [0.1, 0.15) is 39.4 Å². The van der Waals surface area contributed by atoms with Crippen LogP contribution >= 0.6 is 0 Å². The fourth-order valence-corrected chi connectivity index (χ4v) is 3.48. The smallest absolute Gasteiger partial charge is 0.416 e. The quantitative estimate of drug-likeness (QED) is 0.660. The van der Waals surface area contributed by atoms with E-state index in [1.54, 1.807) is 13.0 Å². The van der Waals surface area contributed by atoms with Crippen molar-refractivity contribution in [2.45, 2.75) is 19.1 Å². The zero-order valence-corrected chi connectivity index (χ0v) is 17.1. The number of rotatable bonds is 4. The summed E-state index contributed by atoms with van der Waals surface area (Å²) in [6.07, 6.45) is -0.278. The second kappa shape index (κ2) is 7.98. The zero-order valence-electron chi connectivity index (χ0n) is 17.1. The third-order valence-electron chi connectivity index (χ3n) is 5.07. The number of alkyl halides is 3. The number of anilines is 2. The number of fused-ring (bicyclic) bond motifs is 1. The van der Waals surface area contributed by atoms with E-state index < -0.39 is 23.6 Å². The van der Waals surface area contributed by atoms with E-state index in [0.29, 0.717) is 17.1 Å². The second-order valence-corrected chi connectivity index (χ2v) is 7.23. The molecular weight excluding hydrogens is 427 g/mol. The molecule has 3 aromatic rings. The lowest BCUT2D eigenvalue weighted by molar-refractivity contribution is -0.137. The van der Waals surface area contributed by atoms with Crippen LogP contribution in [-0.2, 0) is 6.18 Å². The normalized spacial score (nSPS) is 16.0. The molecule has 0 radical (unpaired) electrons. The van der Waals surface area contributed by atoms with Gasteiger partial charge in [-0.1, -0.05) is 0 Å². The van der Waals surface area contributed by atoms with Gasteiger partial charge in [0.2, 0.25) is 0 Å². The first-order valence-corrected chi connectivity index (χ1v) is 9.56. The van der Waals surface area contributed by atoms with Gasteiger partial charge in [0.25, 0.3) is 11.8 Å². The Hall–Kier alpha value is -3.89. The van der Waals surface area contributed by atoms with Crippen molar-refractivity contribution in [3.05, 3.63) is 65.7 Å². The number of hydrogen-bond donors (Lipinski definition) is 1. The summed E-state index contributed by atoms with van der Waals surface area (Å²) in [5.41, 5.74) is -0.0510. The molecule has 3 heterocycles. The molecule has 2 aromatic heterocycles. The Morgan fingerprint density at radius 3 is 2.56 bits per heavy atom. The molecule has 0 saturated heterocycles. The van der Waals surface area contributed by atoms with E-state index in [0.717, 1.165) is 12.1 Å². The van der Waals surface area contributed by atoms with Crippen molar-refractivity contribution in [2.75, 3.05) is 23.9 Å². The molecule has 1 aromatic carbocycles. The number of carbonyl (C=O) groups is 2. The van der Waals surface area contributed by atoms with Crippen molar-refractivity contribution in [3.8, 4) is 5.75 Å². The van der Waals surface area contributed by atoms with Crippen LogP contribution in [0.2, 0.25) is 0 Å². The van der Waals surface area contributed by atoms with Crippen molar-refractivity contribution in [2.24, 2.45) is 0 Å². The highest BCUT2D eigenvalue weighted by atomic mass is 19.4. The summed E-state index contributed by atoms with van der Waals surface area (Å²) in [7, 11) is 1.46. The molecule has 1 aliphatic heterocycles. The van der Waals surface area contributed by atoms with Gasteiger partial charge in [0.15, 0.2) is 0 Å². The Morgan fingerprint density at radius 1 is 1.19 bits per heavy atom. The van der Waals surface area contributed by atoms with E-state index in [1.165, 1.54) is 47.4 Å². The molecule has 11 heteroatoms. The van der Waals surface area contributed by atoms with Crippen LogP contribution in [0.5, 0.6) is 5.75 Å². The highest BCUT2D eigenvalue weighted by molar-refractivity contribution is 6.15. The Morgan fingerprint density at radius 2 is 1.91 bits per heavy atom. The Kier molecular flexibility index (Phi) is 5.33. The zero-order chi connectivity index (χ0) is 23.0. The summed E-state index contributed by atoms with van der Waals surface area (Å²) in [6, 6.07) is 5.58. The molecule has 0 unspecified atom stereocenters. The van der Waals surface area contributed by atoms with Crippen LogP contribution in [-0.4, -0.2) is 40.2 Å². The van der Waals surface area contributed by atoms with E-state index in [1.807, 2.05) is 0 Å². The van der Waals surface area contributed by atoms with E-state index in [9.17, 15) is 22.8 Å². The maximum Gasteiger partial charge on any atom is 0.416 e. The number of aromatic nitrogens is 3. The average Bonchev–Trinajstić information content (AvgIpc) is 3.22. The van der Waals surface area contributed by atoms with Gasteiger partial charge in [-0.15, -0.1) is 0 Å². The third-order valence-corrected chi connectivity index (χ3v) is 5.07. The van der Waals surface area contributed by atoms with Gasteiger partial charge in [-0.2, -0.15) is 18.3 Å². The van der Waals surface area contributed by atoms with Crippen LogP contribution in [0.4, 0.5) is 24.5 Å². The van der Waals surface area contributed by atoms with Crippen molar-refractivity contribution < 1.29 is 27.5 Å². The molecule has 166 valence electrons. The number of methoxy groups -OCH3 is 1. The topological polar surface area (TPSA) is 89.3 Å². The average molecular weight is 445 g/mol. The molecule has 0 aliphatic carbocycles. The lowest BCUT2D eigenvalue weighted by Crippen LogP contribution is -2.43. The fraction of sp³-hybridized carbons (Fsp3) is 0.238. The highest BCUT2D eigenvalue weighted by Gasteiger charge is 2.36. The summed E-state index contributed by atoms with van der Waals surface area (Å²) in [4.78, 5) is 31.4. The number of halogens is 3. The number of pyridine rings is 1. The predicted octanol–water partition coefficient (Wildman–Crippen LogP) is 3.78. The maximum atomic E-state index is 13.2. The summed E-state index contributed by atoms with van der Waals surface area (Å²) in [6.45, 7) is 1.99. The summed E-state index contributed by atoms with van der Waals surface area (Å²) < 4.78 is 45.2. The standard InChI is InChI=1S/C21H18F3N5O3/c1-12-11-28(15-5-3-13(4-6-15)21(22,23)24)20(31)18-17(10-26-29(12)18)19(30)27-14-7-16(32-2)9-25-8-14/h3-10,12H,11H2,1-2H3,(H,27,30)/t12-/m0/s1. The summed E-state index contributed by atoms with van der Waals surface area (Å²) in [5, 5.41) is 6.83. The SMILES string of the molecule is COc1cncc(NC(=O)c2cnn3c2C(=O)N(c2ccc(C(F)(F)F)cc2)C[C@@H]3C)c1. The molecule has 8 nitrogen and oxygen atoms in total. The molecule has 1 N–H and O–H groups in total. The Labute approximate surface area is 180 Å². The first-order chi connectivity index (χ1) is 15.2. The van der Waals surface area contributed by atoms with Crippen LogP contribution in [0, 0.1) is 0 Å². The number of ether oxygens (including phenoxy) is 1. The van der Waals surface area contributed by atoms with Gasteiger partial charge in [-0.3, -0.25) is 19.3 Å². The van der Waals surface area contributed by atoms with Gasteiger partial charge in [0, 0.05) is 18.3 Å². The Bertz CT molecular complexity index is 1170. The minimum absolute atomic E-state index is 0.0429. The molecule has 32 heavy (non-hydrogen) atoms. The number of carbonyl (C=O) groups excluding carboxylic acids is 2. The number of hydrogen-bond acceptors (Lipinski definition) is 5. The van der Waals surface area contributed by atoms with Crippen molar-refractivity contribution >= 4 is 23.2 Å². The maximum absolute atomic E-state index is 13.2. The van der Waals surface area contributed by atoms with E-state index in [4.69, 9.17) is 4.74 Å². The predicted molar refractivity (Wildman–Crippen MR) is 109 cm³/mol. The largest absolute Gasteiger partial charge is 0.495 e. The van der Waals surface area contributed by atoms with Crippen molar-refractivity contribution in [1.29, 1.82) is 0 Å². The number of nitrogens with zero attached hydrogens (tertiary/aromatic N) is 4. The molecular formula is C21H18F3N5O3. The van der Waals surface area contributed by atoms with Gasteiger partial charge in [0.1, 0.15) is 11.4 Å².